The zero-order valence-corrected chi connectivity index (χ0v) is 8.46. The van der Waals surface area contributed by atoms with E-state index in [2.05, 4.69) is 0 Å². The molecular weight excluding hydrogens is 208 g/mol. The molecule has 4 heteroatoms. The minimum atomic E-state index is -1.39. The maximum atomic E-state index is 10.3. The van der Waals surface area contributed by atoms with Crippen molar-refractivity contribution in [1.82, 2.24) is 0 Å². The lowest BCUT2D eigenvalue weighted by molar-refractivity contribution is 0.0862. The van der Waals surface area contributed by atoms with Gasteiger partial charge in [-0.05, 0) is 36.4 Å². The van der Waals surface area contributed by atoms with Gasteiger partial charge in [0.15, 0.2) is 0 Å². The molecule has 0 aliphatic heterocycles. The van der Waals surface area contributed by atoms with Crippen LogP contribution in [-0.2, 0) is 5.60 Å². The second-order valence-electron chi connectivity index (χ2n) is 3.79. The third kappa shape index (κ3) is 1.75. The van der Waals surface area contributed by atoms with Crippen LogP contribution in [0.5, 0.6) is 11.5 Å². The van der Waals surface area contributed by atoms with Gasteiger partial charge in [0.25, 0.3) is 0 Å². The van der Waals surface area contributed by atoms with E-state index in [-0.39, 0.29) is 29.2 Å². The van der Waals surface area contributed by atoms with Gasteiger partial charge in [-0.2, -0.15) is 0 Å². The van der Waals surface area contributed by atoms with E-state index < -0.39 is 5.60 Å². The van der Waals surface area contributed by atoms with Crippen molar-refractivity contribution >= 4 is 0 Å². The van der Waals surface area contributed by atoms with Crippen LogP contribution in [-0.4, -0.2) is 20.4 Å². The molecule has 16 heavy (non-hydrogen) atoms. The second-order valence-corrected chi connectivity index (χ2v) is 3.79. The van der Waals surface area contributed by atoms with Gasteiger partial charge in [-0.1, -0.05) is 0 Å². The quantitative estimate of drug-likeness (QED) is 0.543. The maximum absolute atomic E-state index is 10.3. The number of phenolic OH excluding ortho intramolecular Hbond substituents is 2. The maximum Gasteiger partial charge on any atom is 0.122 e. The molecule has 1 aromatic rings. The average Bonchev–Trinajstić information content (AvgIpc) is 2.26. The predicted octanol–water partition coefficient (Wildman–Crippen LogP) is 1.69. The van der Waals surface area contributed by atoms with E-state index in [0.29, 0.717) is 0 Å². The Hall–Kier alpha value is -1.94. The summed E-state index contributed by atoms with van der Waals surface area (Å²) in [6.45, 7) is 0. The van der Waals surface area contributed by atoms with Crippen LogP contribution in [0.25, 0.3) is 0 Å². The summed E-state index contributed by atoms with van der Waals surface area (Å²) in [5.74, 6) is -0.0579. The first-order valence-corrected chi connectivity index (χ1v) is 4.84. The molecule has 4 N–H and O–H groups in total. The Balaban J connectivity index is 2.45. The molecule has 4 nitrogen and oxygen atoms in total. The standard InChI is InChI=1S/C12H12O4/c13-8-3-5-12(16,6-4-8)10-7-9(14)1-2-11(10)15/h1-5,7,13-16H,6H2. The Morgan fingerprint density at radius 2 is 1.88 bits per heavy atom. The number of rotatable bonds is 1. The smallest absolute Gasteiger partial charge is 0.122 e. The highest BCUT2D eigenvalue weighted by Crippen LogP contribution is 2.37. The molecule has 0 fully saturated rings. The lowest BCUT2D eigenvalue weighted by atomic mass is 9.86. The summed E-state index contributed by atoms with van der Waals surface area (Å²) < 4.78 is 0. The van der Waals surface area contributed by atoms with Crippen molar-refractivity contribution < 1.29 is 20.4 Å². The van der Waals surface area contributed by atoms with Crippen LogP contribution in [0, 0.1) is 0 Å². The van der Waals surface area contributed by atoms with E-state index in [4.69, 9.17) is 5.11 Å². The van der Waals surface area contributed by atoms with Crippen molar-refractivity contribution in [2.75, 3.05) is 0 Å². The van der Waals surface area contributed by atoms with Gasteiger partial charge >= 0.3 is 0 Å². The Morgan fingerprint density at radius 3 is 2.50 bits per heavy atom. The fourth-order valence-corrected chi connectivity index (χ4v) is 1.69. The molecule has 0 spiro atoms. The Morgan fingerprint density at radius 1 is 1.12 bits per heavy atom. The zero-order chi connectivity index (χ0) is 11.8. The topological polar surface area (TPSA) is 80.9 Å². The minimum absolute atomic E-state index is 0.0339. The van der Waals surface area contributed by atoms with Gasteiger partial charge in [-0.15, -0.1) is 0 Å². The number of phenols is 2. The minimum Gasteiger partial charge on any atom is -0.508 e. The summed E-state index contributed by atoms with van der Waals surface area (Å²) in [6.07, 6.45) is 4.33. The number of allylic oxidation sites excluding steroid dienone is 1. The van der Waals surface area contributed by atoms with E-state index in [1.165, 1.54) is 36.4 Å². The summed E-state index contributed by atoms with van der Waals surface area (Å²) >= 11 is 0. The lowest BCUT2D eigenvalue weighted by Crippen LogP contribution is -2.24. The molecule has 1 unspecified atom stereocenters. The monoisotopic (exact) mass is 220 g/mol. The van der Waals surface area contributed by atoms with Gasteiger partial charge < -0.3 is 20.4 Å². The third-order valence-corrected chi connectivity index (χ3v) is 2.60. The largest absolute Gasteiger partial charge is 0.508 e. The lowest BCUT2D eigenvalue weighted by Gasteiger charge is -2.26. The van der Waals surface area contributed by atoms with E-state index in [9.17, 15) is 15.3 Å². The highest BCUT2D eigenvalue weighted by atomic mass is 16.3. The fourth-order valence-electron chi connectivity index (χ4n) is 1.69. The Bertz CT molecular complexity index is 476. The molecule has 0 saturated heterocycles. The summed E-state index contributed by atoms with van der Waals surface area (Å²) in [7, 11) is 0. The first kappa shape index (κ1) is 10.6. The number of hydrogen-bond acceptors (Lipinski definition) is 4. The van der Waals surface area contributed by atoms with E-state index in [0.717, 1.165) is 0 Å². The highest BCUT2D eigenvalue weighted by Gasteiger charge is 2.30. The van der Waals surface area contributed by atoms with Crippen LogP contribution in [0.1, 0.15) is 12.0 Å². The number of aliphatic hydroxyl groups is 2. The molecule has 0 heterocycles. The first-order valence-electron chi connectivity index (χ1n) is 4.84. The number of benzene rings is 1. The Labute approximate surface area is 92.4 Å². The molecule has 0 aromatic heterocycles. The van der Waals surface area contributed by atoms with E-state index in [1.54, 1.807) is 0 Å². The first-order chi connectivity index (χ1) is 7.51. The molecular formula is C12H12O4. The van der Waals surface area contributed by atoms with Crippen LogP contribution in [0.15, 0.2) is 42.2 Å². The van der Waals surface area contributed by atoms with Crippen molar-refractivity contribution in [2.24, 2.45) is 0 Å². The summed E-state index contributed by atoms with van der Waals surface area (Å²) in [4.78, 5) is 0. The molecule has 1 aliphatic rings. The van der Waals surface area contributed by atoms with Gasteiger partial charge in [0.05, 0.1) is 0 Å². The zero-order valence-electron chi connectivity index (χ0n) is 8.46. The Kier molecular flexibility index (Phi) is 2.36. The van der Waals surface area contributed by atoms with Crippen molar-refractivity contribution in [3.05, 3.63) is 47.7 Å². The van der Waals surface area contributed by atoms with E-state index in [1.807, 2.05) is 0 Å². The van der Waals surface area contributed by atoms with Crippen LogP contribution in [0.4, 0.5) is 0 Å². The number of aromatic hydroxyl groups is 2. The van der Waals surface area contributed by atoms with Crippen LogP contribution in [0.2, 0.25) is 0 Å². The van der Waals surface area contributed by atoms with Crippen molar-refractivity contribution in [1.29, 1.82) is 0 Å². The molecule has 0 radical (unpaired) electrons. The molecule has 1 aromatic carbocycles. The predicted molar refractivity (Wildman–Crippen MR) is 58.1 cm³/mol. The average molecular weight is 220 g/mol. The third-order valence-electron chi connectivity index (χ3n) is 2.60. The van der Waals surface area contributed by atoms with Gasteiger partial charge in [-0.25, -0.2) is 0 Å². The van der Waals surface area contributed by atoms with Crippen LogP contribution in [0.3, 0.4) is 0 Å². The van der Waals surface area contributed by atoms with Gasteiger partial charge in [0.2, 0.25) is 0 Å². The number of hydrogen-bond donors (Lipinski definition) is 4. The summed E-state index contributed by atoms with van der Waals surface area (Å²) in [5, 5.41) is 38.4. The molecule has 1 atom stereocenters. The molecule has 84 valence electrons. The summed E-state index contributed by atoms with van der Waals surface area (Å²) in [6, 6.07) is 3.95. The second kappa shape index (κ2) is 3.57. The van der Waals surface area contributed by atoms with Gasteiger partial charge in [0.1, 0.15) is 22.9 Å². The van der Waals surface area contributed by atoms with Crippen molar-refractivity contribution in [3.8, 4) is 11.5 Å². The molecule has 0 bridgehead atoms. The molecule has 1 aliphatic carbocycles. The number of aliphatic hydroxyl groups excluding tert-OH is 1. The molecule has 0 amide bonds. The van der Waals surface area contributed by atoms with Crippen molar-refractivity contribution in [3.63, 3.8) is 0 Å². The van der Waals surface area contributed by atoms with Crippen molar-refractivity contribution in [2.45, 2.75) is 12.0 Å². The normalized spacial score (nSPS) is 24.2. The van der Waals surface area contributed by atoms with Crippen LogP contribution < -0.4 is 0 Å². The van der Waals surface area contributed by atoms with Gasteiger partial charge in [-0.3, -0.25) is 0 Å². The van der Waals surface area contributed by atoms with E-state index >= 15 is 0 Å². The van der Waals surface area contributed by atoms with Crippen LogP contribution >= 0.6 is 0 Å². The van der Waals surface area contributed by atoms with Gasteiger partial charge in [0, 0.05) is 12.0 Å². The molecule has 2 rings (SSSR count). The fraction of sp³-hybridized carbons (Fsp3) is 0.167. The highest BCUT2D eigenvalue weighted by molar-refractivity contribution is 5.46. The SMILES string of the molecule is OC1=CCC(O)(c2cc(O)ccc2O)C=C1. The summed E-state index contributed by atoms with van der Waals surface area (Å²) in [5.41, 5.74) is -1.18. The molecule has 0 saturated carbocycles.